The zero-order valence-electron chi connectivity index (χ0n) is 34.0. The monoisotopic (exact) mass is 786 g/mol. The Hall–Kier alpha value is -1.54. The summed E-state index contributed by atoms with van der Waals surface area (Å²) in [4.78, 5) is 23.1. The van der Waals surface area contributed by atoms with Crippen LogP contribution in [0.1, 0.15) is 66.2 Å². The highest BCUT2D eigenvalue weighted by Gasteiger charge is 2.15. The normalized spacial score (nSPS) is 11.7. The maximum atomic E-state index is 11.6. The van der Waals surface area contributed by atoms with E-state index in [-0.39, 0.29) is 25.0 Å². The second-order valence-electron chi connectivity index (χ2n) is 12.7. The van der Waals surface area contributed by atoms with Crippen LogP contribution in [-0.4, -0.2) is 183 Å². The Bertz CT molecular complexity index is 783. The van der Waals surface area contributed by atoms with Crippen molar-refractivity contribution in [2.24, 2.45) is 0 Å². The molecule has 0 saturated carbocycles. The number of hydrogen-bond acceptors (Lipinski definition) is 16. The highest BCUT2D eigenvalue weighted by atomic mass is 16.6. The fourth-order valence-electron chi connectivity index (χ4n) is 4.05. The quantitative estimate of drug-likeness (QED) is 0.0652. The molecule has 0 fully saturated rings. The Morgan fingerprint density at radius 2 is 0.611 bits per heavy atom. The van der Waals surface area contributed by atoms with Crippen molar-refractivity contribution in [3.63, 3.8) is 0 Å². The summed E-state index contributed by atoms with van der Waals surface area (Å²) in [6.07, 6.45) is 4.97. The Morgan fingerprint density at radius 1 is 0.333 bits per heavy atom. The largest absolute Gasteiger partial charge is 0.463 e. The van der Waals surface area contributed by atoms with Crippen molar-refractivity contribution in [1.29, 1.82) is 0 Å². The van der Waals surface area contributed by atoms with Crippen LogP contribution in [0.3, 0.4) is 0 Å². The SMILES string of the molecule is CCCCCCC(=O)OCCOCCOCCOCCOCCOCCOCCOCCOCCOCCOCCOCCOCCC(=O)OC(C)(C)C. The molecule has 322 valence electrons. The van der Waals surface area contributed by atoms with Gasteiger partial charge in [-0.05, 0) is 27.2 Å². The van der Waals surface area contributed by atoms with Crippen LogP contribution in [0, 0.1) is 0 Å². The van der Waals surface area contributed by atoms with Gasteiger partial charge in [0.05, 0.1) is 165 Å². The van der Waals surface area contributed by atoms with Gasteiger partial charge in [0.15, 0.2) is 0 Å². The Balaban J connectivity index is 3.12. The summed E-state index contributed by atoms with van der Waals surface area (Å²) in [5, 5.41) is 0. The third-order valence-corrected chi connectivity index (χ3v) is 6.69. The van der Waals surface area contributed by atoms with E-state index in [1.165, 1.54) is 0 Å². The van der Waals surface area contributed by atoms with Gasteiger partial charge in [0.2, 0.25) is 0 Å². The molecule has 0 N–H and O–H groups in total. The summed E-state index contributed by atoms with van der Waals surface area (Å²) in [6.45, 7) is 19.1. The molecule has 0 spiro atoms. The van der Waals surface area contributed by atoms with E-state index in [9.17, 15) is 9.59 Å². The van der Waals surface area contributed by atoms with Gasteiger partial charge in [-0.1, -0.05) is 26.2 Å². The average Bonchev–Trinajstić information content (AvgIpc) is 3.13. The third kappa shape index (κ3) is 46.6. The topological polar surface area (TPSA) is 163 Å². The lowest BCUT2D eigenvalue weighted by atomic mass is 10.2. The fourth-order valence-corrected chi connectivity index (χ4v) is 4.05. The first-order valence-electron chi connectivity index (χ1n) is 19.7. The first kappa shape index (κ1) is 52.5. The maximum absolute atomic E-state index is 11.6. The second kappa shape index (κ2) is 42.6. The van der Waals surface area contributed by atoms with E-state index >= 15 is 0 Å². The molecule has 0 aromatic carbocycles. The van der Waals surface area contributed by atoms with Crippen molar-refractivity contribution in [3.05, 3.63) is 0 Å². The zero-order valence-corrected chi connectivity index (χ0v) is 34.0. The van der Waals surface area contributed by atoms with E-state index in [1.54, 1.807) is 0 Å². The zero-order chi connectivity index (χ0) is 39.5. The van der Waals surface area contributed by atoms with E-state index in [4.69, 9.17) is 66.3 Å². The molecule has 0 radical (unpaired) electrons. The molecule has 0 rings (SSSR count). The number of ether oxygens (including phenoxy) is 14. The van der Waals surface area contributed by atoms with Crippen LogP contribution in [0.25, 0.3) is 0 Å². The van der Waals surface area contributed by atoms with Gasteiger partial charge in [-0.2, -0.15) is 0 Å². The predicted octanol–water partition coefficient (Wildman–Crippen LogP) is 3.43. The van der Waals surface area contributed by atoms with Crippen molar-refractivity contribution in [1.82, 2.24) is 0 Å². The number of esters is 2. The second-order valence-corrected chi connectivity index (χ2v) is 12.7. The van der Waals surface area contributed by atoms with Crippen LogP contribution in [-0.2, 0) is 75.9 Å². The Morgan fingerprint density at radius 3 is 0.889 bits per heavy atom. The number of rotatable bonds is 44. The minimum atomic E-state index is -0.478. The lowest BCUT2D eigenvalue weighted by Gasteiger charge is -2.19. The molecular weight excluding hydrogens is 712 g/mol. The lowest BCUT2D eigenvalue weighted by Crippen LogP contribution is -2.24. The van der Waals surface area contributed by atoms with Gasteiger partial charge in [-0.3, -0.25) is 9.59 Å². The molecule has 16 heteroatoms. The number of carbonyl (C=O) groups excluding carboxylic acids is 2. The first-order chi connectivity index (χ1) is 26.3. The lowest BCUT2D eigenvalue weighted by molar-refractivity contribution is -0.156. The van der Waals surface area contributed by atoms with E-state index in [0.29, 0.717) is 165 Å². The summed E-state index contributed by atoms with van der Waals surface area (Å²) in [7, 11) is 0. The van der Waals surface area contributed by atoms with Crippen LogP contribution in [0.2, 0.25) is 0 Å². The molecule has 0 aliphatic carbocycles. The molecule has 0 unspecified atom stereocenters. The summed E-state index contributed by atoms with van der Waals surface area (Å²) < 4.78 is 75.8. The highest BCUT2D eigenvalue weighted by Crippen LogP contribution is 2.08. The molecule has 16 nitrogen and oxygen atoms in total. The molecular formula is C38H74O16. The van der Waals surface area contributed by atoms with Crippen LogP contribution >= 0.6 is 0 Å². The first-order valence-corrected chi connectivity index (χ1v) is 19.7. The van der Waals surface area contributed by atoms with E-state index in [0.717, 1.165) is 25.7 Å². The molecule has 0 saturated heterocycles. The van der Waals surface area contributed by atoms with Crippen molar-refractivity contribution in [2.75, 3.05) is 165 Å². The number of hydrogen-bond donors (Lipinski definition) is 0. The van der Waals surface area contributed by atoms with Gasteiger partial charge in [-0.25, -0.2) is 0 Å². The van der Waals surface area contributed by atoms with Gasteiger partial charge in [0.1, 0.15) is 12.2 Å². The molecule has 0 aromatic rings. The van der Waals surface area contributed by atoms with Crippen molar-refractivity contribution in [3.8, 4) is 0 Å². The van der Waals surface area contributed by atoms with Gasteiger partial charge >= 0.3 is 11.9 Å². The molecule has 0 heterocycles. The smallest absolute Gasteiger partial charge is 0.308 e. The van der Waals surface area contributed by atoms with Crippen molar-refractivity contribution in [2.45, 2.75) is 71.8 Å². The average molecular weight is 787 g/mol. The van der Waals surface area contributed by atoms with Gasteiger partial charge in [0.25, 0.3) is 0 Å². The number of carbonyl (C=O) groups is 2. The van der Waals surface area contributed by atoms with Crippen LogP contribution in [0.15, 0.2) is 0 Å². The van der Waals surface area contributed by atoms with Gasteiger partial charge in [0, 0.05) is 6.42 Å². The minimum absolute atomic E-state index is 0.157. The van der Waals surface area contributed by atoms with Crippen LogP contribution in [0.4, 0.5) is 0 Å². The summed E-state index contributed by atoms with van der Waals surface area (Å²) in [5.41, 5.74) is -0.478. The molecule has 0 atom stereocenters. The highest BCUT2D eigenvalue weighted by molar-refractivity contribution is 5.70. The van der Waals surface area contributed by atoms with Crippen molar-refractivity contribution >= 4 is 11.9 Å². The molecule has 54 heavy (non-hydrogen) atoms. The molecule has 0 amide bonds. The van der Waals surface area contributed by atoms with Gasteiger partial charge < -0.3 is 66.3 Å². The number of unbranched alkanes of at least 4 members (excludes halogenated alkanes) is 3. The van der Waals surface area contributed by atoms with E-state index < -0.39 is 5.60 Å². The van der Waals surface area contributed by atoms with E-state index in [2.05, 4.69) is 6.92 Å². The summed E-state index contributed by atoms with van der Waals surface area (Å²) in [6, 6.07) is 0. The Kier molecular flexibility index (Phi) is 41.4. The maximum Gasteiger partial charge on any atom is 0.308 e. The Labute approximate surface area is 324 Å². The predicted molar refractivity (Wildman–Crippen MR) is 200 cm³/mol. The van der Waals surface area contributed by atoms with E-state index in [1.807, 2.05) is 20.8 Å². The van der Waals surface area contributed by atoms with Crippen LogP contribution in [0.5, 0.6) is 0 Å². The molecule has 0 bridgehead atoms. The third-order valence-electron chi connectivity index (χ3n) is 6.69. The molecule has 0 aromatic heterocycles. The van der Waals surface area contributed by atoms with Crippen molar-refractivity contribution < 1.29 is 75.9 Å². The summed E-state index contributed by atoms with van der Waals surface area (Å²) in [5.74, 6) is -0.425. The minimum Gasteiger partial charge on any atom is -0.463 e. The molecule has 0 aliphatic heterocycles. The fraction of sp³-hybridized carbons (Fsp3) is 0.947. The van der Waals surface area contributed by atoms with Gasteiger partial charge in [-0.15, -0.1) is 0 Å². The molecule has 0 aliphatic rings. The van der Waals surface area contributed by atoms with Crippen LogP contribution < -0.4 is 0 Å². The standard InChI is InChI=1S/C38H74O16/c1-5-6-7-8-9-36(39)53-35-34-52-33-32-51-31-30-50-29-28-49-27-26-48-25-24-47-23-22-46-21-20-45-19-18-44-17-16-43-15-14-42-13-12-41-11-10-37(40)54-38(2,3)4/h5-35H2,1-4H3. The summed E-state index contributed by atoms with van der Waals surface area (Å²) >= 11 is 0.